The minimum absolute atomic E-state index is 0.0306. The van der Waals surface area contributed by atoms with Gasteiger partial charge in [0.05, 0.1) is 27.7 Å². The lowest BCUT2D eigenvalue weighted by Gasteiger charge is -2.28. The van der Waals surface area contributed by atoms with Crippen LogP contribution in [0.3, 0.4) is 0 Å². The van der Waals surface area contributed by atoms with E-state index in [-0.39, 0.29) is 32.0 Å². The smallest absolute Gasteiger partial charge is 0.306 e. The fourth-order valence-electron chi connectivity index (χ4n) is 13.2. The molecule has 0 aliphatic rings. The fraction of sp³-hybridized carbons (Fsp3) is 0.806. The molecule has 0 aromatic heterocycles. The van der Waals surface area contributed by atoms with Crippen LogP contribution in [0.2, 0.25) is 0 Å². The Balaban J connectivity index is 3.89. The highest BCUT2D eigenvalue weighted by atomic mass is 31.2. The molecule has 600 valence electrons. The zero-order chi connectivity index (χ0) is 74.7. The maximum absolute atomic E-state index is 12.9. The fourth-order valence-corrected chi connectivity index (χ4v) is 13.9. The first kappa shape index (κ1) is 99.9. The number of ether oxygens (including phenoxy) is 2. The number of phosphoric acid groups is 1. The van der Waals surface area contributed by atoms with Crippen molar-refractivity contribution < 1.29 is 42.1 Å². The summed E-state index contributed by atoms with van der Waals surface area (Å²) in [5, 5.41) is 0. The van der Waals surface area contributed by atoms with Crippen LogP contribution in [0.25, 0.3) is 0 Å². The summed E-state index contributed by atoms with van der Waals surface area (Å²) in [6.45, 7) is 4.19. The van der Waals surface area contributed by atoms with Gasteiger partial charge >= 0.3 is 11.9 Å². The van der Waals surface area contributed by atoms with Gasteiger partial charge in [-0.15, -0.1) is 0 Å². The highest BCUT2D eigenvalue weighted by Crippen LogP contribution is 2.38. The van der Waals surface area contributed by atoms with Crippen LogP contribution in [0.4, 0.5) is 0 Å². The molecule has 0 aromatic rings. The van der Waals surface area contributed by atoms with Gasteiger partial charge in [0.1, 0.15) is 19.8 Å². The molecule has 0 amide bonds. The number of unbranched alkanes of at least 4 members (excludes halogenated alkanes) is 53. The van der Waals surface area contributed by atoms with E-state index in [4.69, 9.17) is 18.5 Å². The van der Waals surface area contributed by atoms with E-state index in [0.717, 1.165) is 89.9 Å². The van der Waals surface area contributed by atoms with Gasteiger partial charge in [-0.3, -0.25) is 14.2 Å². The third-order valence-corrected chi connectivity index (χ3v) is 20.8. The van der Waals surface area contributed by atoms with E-state index in [1.54, 1.807) is 0 Å². The molecule has 0 radical (unpaired) electrons. The topological polar surface area (TPSA) is 111 Å². The Morgan fingerprint density at radius 1 is 0.311 bits per heavy atom. The number of carbonyl (C=O) groups excluding carboxylic acids is 2. The van der Waals surface area contributed by atoms with Crippen molar-refractivity contribution >= 4 is 19.8 Å². The molecule has 0 spiro atoms. The molecule has 10 heteroatoms. The third kappa shape index (κ3) is 87.7. The predicted octanol–water partition coefficient (Wildman–Crippen LogP) is 29.5. The molecular weight excluding hydrogens is 1290 g/mol. The molecule has 0 bridgehead atoms. The van der Waals surface area contributed by atoms with E-state index >= 15 is 0 Å². The molecule has 0 fully saturated rings. The second-order valence-corrected chi connectivity index (χ2v) is 32.7. The SMILES string of the molecule is CC/C=C\C/C=C\C/C=C\C/C=C\C/C=C\C/C=C\C/C=C\C/C=C\CCCCCCCCCCCCCCCCCCC(=O)OC(COC(=O)CCCCCCCCCCCCCCCCCCCCCCCCCCCCCCCCCCCCCCCC)COP(=O)([O-])OCC[N+](C)(C)C. The molecule has 0 saturated heterocycles. The van der Waals surface area contributed by atoms with Crippen LogP contribution in [0.15, 0.2) is 97.2 Å². The molecular formula is C93H170NO8P. The van der Waals surface area contributed by atoms with E-state index in [1.807, 2.05) is 21.1 Å². The average Bonchev–Trinajstić information content (AvgIpc) is 0.971. The van der Waals surface area contributed by atoms with Crippen molar-refractivity contribution in [2.45, 2.75) is 437 Å². The van der Waals surface area contributed by atoms with Crippen molar-refractivity contribution in [2.75, 3.05) is 47.5 Å². The summed E-state index contributed by atoms with van der Waals surface area (Å²) in [5.74, 6) is -0.814. The number of likely N-dealkylation sites (N-methyl/N-ethyl adjacent to an activating group) is 1. The Kier molecular flexibility index (Phi) is 80.5. The largest absolute Gasteiger partial charge is 0.756 e. The van der Waals surface area contributed by atoms with Gasteiger partial charge in [0, 0.05) is 12.8 Å². The number of nitrogens with zero attached hydrogens (tertiary/aromatic N) is 1. The summed E-state index contributed by atoms with van der Waals surface area (Å²) < 4.78 is 34.5. The minimum atomic E-state index is -4.65. The molecule has 2 unspecified atom stereocenters. The van der Waals surface area contributed by atoms with Gasteiger partial charge < -0.3 is 27.9 Å². The van der Waals surface area contributed by atoms with Crippen LogP contribution < -0.4 is 4.89 Å². The number of allylic oxidation sites excluding steroid dienone is 16. The van der Waals surface area contributed by atoms with E-state index in [9.17, 15) is 19.0 Å². The van der Waals surface area contributed by atoms with Crippen molar-refractivity contribution in [2.24, 2.45) is 0 Å². The molecule has 0 aliphatic heterocycles. The molecule has 0 aliphatic carbocycles. The quantitative estimate of drug-likeness (QED) is 0.0195. The number of phosphoric ester groups is 1. The lowest BCUT2D eigenvalue weighted by Crippen LogP contribution is -2.37. The summed E-state index contributed by atoms with van der Waals surface area (Å²) >= 11 is 0. The highest BCUT2D eigenvalue weighted by Gasteiger charge is 2.22. The first-order valence-electron chi connectivity index (χ1n) is 44.4. The van der Waals surface area contributed by atoms with Crippen molar-refractivity contribution in [3.63, 3.8) is 0 Å². The molecule has 0 heterocycles. The van der Waals surface area contributed by atoms with Crippen LogP contribution in [0.5, 0.6) is 0 Å². The van der Waals surface area contributed by atoms with Gasteiger partial charge in [0.2, 0.25) is 0 Å². The molecule has 0 rings (SSSR count). The van der Waals surface area contributed by atoms with Gasteiger partial charge in [-0.1, -0.05) is 439 Å². The zero-order valence-corrected chi connectivity index (χ0v) is 69.7. The van der Waals surface area contributed by atoms with E-state index in [1.165, 1.54) is 308 Å². The Labute approximate surface area is 640 Å². The van der Waals surface area contributed by atoms with E-state index in [2.05, 4.69) is 111 Å². The Morgan fingerprint density at radius 2 is 0.553 bits per heavy atom. The molecule has 9 nitrogen and oxygen atoms in total. The van der Waals surface area contributed by atoms with Gasteiger partial charge in [0.15, 0.2) is 6.10 Å². The number of hydrogen-bond acceptors (Lipinski definition) is 8. The van der Waals surface area contributed by atoms with Crippen molar-refractivity contribution in [3.05, 3.63) is 97.2 Å². The van der Waals surface area contributed by atoms with Gasteiger partial charge in [-0.2, -0.15) is 0 Å². The van der Waals surface area contributed by atoms with Crippen molar-refractivity contribution in [1.29, 1.82) is 0 Å². The van der Waals surface area contributed by atoms with E-state index in [0.29, 0.717) is 17.4 Å². The molecule has 2 atom stereocenters. The van der Waals surface area contributed by atoms with Crippen LogP contribution in [-0.4, -0.2) is 70.0 Å². The molecule has 0 aromatic carbocycles. The number of esters is 2. The third-order valence-electron chi connectivity index (χ3n) is 19.9. The Bertz CT molecular complexity index is 2070. The van der Waals surface area contributed by atoms with Gasteiger partial charge in [-0.25, -0.2) is 0 Å². The second kappa shape index (κ2) is 83.0. The summed E-state index contributed by atoms with van der Waals surface area (Å²) in [6.07, 6.45) is 117. The summed E-state index contributed by atoms with van der Waals surface area (Å²) in [5.41, 5.74) is 0. The summed E-state index contributed by atoms with van der Waals surface area (Å²) in [4.78, 5) is 38.3. The monoisotopic (exact) mass is 1460 g/mol. The van der Waals surface area contributed by atoms with Crippen LogP contribution >= 0.6 is 7.82 Å². The maximum Gasteiger partial charge on any atom is 0.306 e. The lowest BCUT2D eigenvalue weighted by molar-refractivity contribution is -0.870. The highest BCUT2D eigenvalue weighted by molar-refractivity contribution is 7.45. The maximum atomic E-state index is 12.9. The van der Waals surface area contributed by atoms with Crippen LogP contribution in [0.1, 0.15) is 431 Å². The normalized spacial score (nSPS) is 13.4. The van der Waals surface area contributed by atoms with E-state index < -0.39 is 26.5 Å². The predicted molar refractivity (Wildman–Crippen MR) is 448 cm³/mol. The first-order chi connectivity index (χ1) is 50.5. The lowest BCUT2D eigenvalue weighted by atomic mass is 10.0. The molecule has 0 N–H and O–H groups in total. The van der Waals surface area contributed by atoms with Gasteiger partial charge in [0.25, 0.3) is 7.82 Å². The number of rotatable bonds is 83. The minimum Gasteiger partial charge on any atom is -0.756 e. The number of hydrogen-bond donors (Lipinski definition) is 0. The van der Waals surface area contributed by atoms with Crippen LogP contribution in [0, 0.1) is 0 Å². The summed E-state index contributed by atoms with van der Waals surface area (Å²) in [6, 6.07) is 0. The van der Waals surface area contributed by atoms with Crippen molar-refractivity contribution in [1.82, 2.24) is 0 Å². The van der Waals surface area contributed by atoms with Crippen molar-refractivity contribution in [3.8, 4) is 0 Å². The number of carbonyl (C=O) groups is 2. The van der Waals surface area contributed by atoms with Gasteiger partial charge in [-0.05, 0) is 77.0 Å². The number of quaternary nitrogens is 1. The molecule has 0 saturated carbocycles. The first-order valence-corrected chi connectivity index (χ1v) is 45.9. The second-order valence-electron chi connectivity index (χ2n) is 31.2. The standard InChI is InChI=1S/C93H170NO8P/c1-6-8-10-12-14-16-18-20-22-24-26-28-30-32-34-36-38-40-42-44-46-47-48-50-52-54-56-58-60-62-64-66-68-70-72-74-76-78-80-82-84-86-93(96)102-91(90-101-103(97,98)100-88-87-94(3,4)5)89-99-92(95)85-83-81-79-77-75-73-71-69-67-65-63-61-59-57-55-53-51-49-45-43-41-39-37-35-33-31-29-27-25-23-21-19-17-15-13-11-9-7-2/h8,10,14,16,20,22,26,28,32,34,38,40,44,46,48,50,91H,6-7,9,11-13,15,17-19,21,23-25,27,29-31,33,35-37,39,41-43,45,47,49,51-90H2,1-5H3/b10-8-,16-14-,22-20-,28-26-,34-32-,40-38-,46-44-,50-48-. The average molecular weight is 1460 g/mol. The Hall–Kier alpha value is -3.07. The Morgan fingerprint density at radius 3 is 0.825 bits per heavy atom. The van der Waals surface area contributed by atoms with Crippen LogP contribution in [-0.2, 0) is 32.7 Å². The molecule has 103 heavy (non-hydrogen) atoms. The summed E-state index contributed by atoms with van der Waals surface area (Å²) in [7, 11) is 1.18. The zero-order valence-electron chi connectivity index (χ0n) is 68.8.